The van der Waals surface area contributed by atoms with Crippen LogP contribution < -0.4 is 5.32 Å². The fraction of sp³-hybridized carbons (Fsp3) is 0.923. The van der Waals surface area contributed by atoms with E-state index in [1.165, 1.54) is 19.3 Å². The quantitative estimate of drug-likeness (QED) is 0.749. The molecule has 0 radical (unpaired) electrons. The number of hydrogen-bond donors (Lipinski definition) is 1. The van der Waals surface area contributed by atoms with Crippen LogP contribution in [-0.2, 0) is 9.53 Å². The number of esters is 1. The smallest absolute Gasteiger partial charge is 0.306 e. The van der Waals surface area contributed by atoms with Gasteiger partial charge in [0.1, 0.15) is 5.60 Å². The molecule has 1 N–H and O–H groups in total. The number of piperidine rings is 2. The summed E-state index contributed by atoms with van der Waals surface area (Å²) in [6.07, 6.45) is 5.33. The maximum atomic E-state index is 11.6. The molecular weight excluding hydrogens is 202 g/mol. The van der Waals surface area contributed by atoms with Crippen molar-refractivity contribution in [2.45, 2.75) is 64.0 Å². The summed E-state index contributed by atoms with van der Waals surface area (Å²) in [7, 11) is 0. The van der Waals surface area contributed by atoms with Crippen molar-refractivity contribution in [2.75, 3.05) is 6.54 Å². The average Bonchev–Trinajstić information content (AvgIpc) is 2.12. The van der Waals surface area contributed by atoms with Crippen molar-refractivity contribution in [2.24, 2.45) is 5.92 Å². The zero-order valence-electron chi connectivity index (χ0n) is 10.6. The SMILES string of the molecule is CC(C)(C)OC(=O)CCC12CC(CCN1)C2. The van der Waals surface area contributed by atoms with Crippen molar-refractivity contribution in [1.82, 2.24) is 5.32 Å². The molecule has 3 rings (SSSR count). The van der Waals surface area contributed by atoms with E-state index in [0.717, 1.165) is 18.9 Å². The molecule has 1 saturated carbocycles. The Morgan fingerprint density at radius 1 is 1.44 bits per heavy atom. The van der Waals surface area contributed by atoms with E-state index in [1.54, 1.807) is 0 Å². The van der Waals surface area contributed by atoms with Crippen molar-refractivity contribution in [3.8, 4) is 0 Å². The molecule has 3 nitrogen and oxygen atoms in total. The Labute approximate surface area is 97.9 Å². The van der Waals surface area contributed by atoms with Crippen LogP contribution in [0, 0.1) is 5.92 Å². The third kappa shape index (κ3) is 2.76. The number of carbonyl (C=O) groups excluding carboxylic acids is 1. The van der Waals surface area contributed by atoms with E-state index >= 15 is 0 Å². The first-order chi connectivity index (χ1) is 7.39. The molecule has 1 aliphatic carbocycles. The molecule has 92 valence electrons. The number of fused-ring (bicyclic) bond motifs is 2. The van der Waals surface area contributed by atoms with Crippen molar-refractivity contribution in [3.05, 3.63) is 0 Å². The van der Waals surface area contributed by atoms with Gasteiger partial charge in [0.05, 0.1) is 0 Å². The van der Waals surface area contributed by atoms with Gasteiger partial charge in [-0.15, -0.1) is 0 Å². The second-order valence-corrected chi connectivity index (χ2v) is 6.36. The minimum atomic E-state index is -0.350. The summed E-state index contributed by atoms with van der Waals surface area (Å²) in [5, 5.41) is 3.57. The zero-order chi connectivity index (χ0) is 11.8. The lowest BCUT2D eigenvalue weighted by molar-refractivity contribution is -0.155. The van der Waals surface area contributed by atoms with Gasteiger partial charge < -0.3 is 10.1 Å². The molecule has 0 aromatic carbocycles. The van der Waals surface area contributed by atoms with Gasteiger partial charge in [-0.2, -0.15) is 0 Å². The van der Waals surface area contributed by atoms with Crippen LogP contribution in [0.25, 0.3) is 0 Å². The van der Waals surface area contributed by atoms with Crippen molar-refractivity contribution < 1.29 is 9.53 Å². The summed E-state index contributed by atoms with van der Waals surface area (Å²) in [4.78, 5) is 11.6. The second-order valence-electron chi connectivity index (χ2n) is 6.36. The summed E-state index contributed by atoms with van der Waals surface area (Å²) in [5.41, 5.74) is -0.0727. The van der Waals surface area contributed by atoms with Gasteiger partial charge in [0.15, 0.2) is 0 Å². The summed E-state index contributed by atoms with van der Waals surface area (Å²) in [5.74, 6) is 0.859. The molecular formula is C13H23NO2. The lowest BCUT2D eigenvalue weighted by atomic mass is 9.62. The first kappa shape index (κ1) is 11.9. The highest BCUT2D eigenvalue weighted by Crippen LogP contribution is 2.45. The van der Waals surface area contributed by atoms with Crippen LogP contribution in [0.2, 0.25) is 0 Å². The third-order valence-corrected chi connectivity index (χ3v) is 3.64. The lowest BCUT2D eigenvalue weighted by Crippen LogP contribution is -2.60. The van der Waals surface area contributed by atoms with Gasteiger partial charge >= 0.3 is 5.97 Å². The summed E-state index contributed by atoms with van der Waals surface area (Å²) in [6.45, 7) is 6.88. The predicted molar refractivity (Wildman–Crippen MR) is 63.2 cm³/mol. The van der Waals surface area contributed by atoms with E-state index in [2.05, 4.69) is 5.32 Å². The molecule has 16 heavy (non-hydrogen) atoms. The standard InChI is InChI=1S/C13H23NO2/c1-12(2,3)16-11(15)4-6-13-8-10(9-13)5-7-14-13/h10,14H,4-9H2,1-3H3. The Bertz CT molecular complexity index is 269. The zero-order valence-corrected chi connectivity index (χ0v) is 10.6. The van der Waals surface area contributed by atoms with Crippen LogP contribution in [0.5, 0.6) is 0 Å². The average molecular weight is 225 g/mol. The van der Waals surface area contributed by atoms with Crippen molar-refractivity contribution in [3.63, 3.8) is 0 Å². The molecule has 0 amide bonds. The van der Waals surface area contributed by atoms with Crippen LogP contribution in [0.1, 0.15) is 52.9 Å². The van der Waals surface area contributed by atoms with Gasteiger partial charge in [-0.05, 0) is 58.9 Å². The fourth-order valence-electron chi connectivity index (χ4n) is 2.96. The minimum absolute atomic E-state index is 0.0577. The Hall–Kier alpha value is -0.570. The highest BCUT2D eigenvalue weighted by molar-refractivity contribution is 5.70. The molecule has 0 aromatic heterocycles. The van der Waals surface area contributed by atoms with Gasteiger partial charge in [0.2, 0.25) is 0 Å². The number of rotatable bonds is 3. The predicted octanol–water partition coefficient (Wildman–Crippen LogP) is 2.25. The molecule has 3 heteroatoms. The van der Waals surface area contributed by atoms with Crippen LogP contribution in [0.3, 0.4) is 0 Å². The Kier molecular flexibility index (Phi) is 2.99. The van der Waals surface area contributed by atoms with Gasteiger partial charge in [-0.1, -0.05) is 0 Å². The van der Waals surface area contributed by atoms with E-state index in [1.807, 2.05) is 20.8 Å². The summed E-state index contributed by atoms with van der Waals surface area (Å²) < 4.78 is 5.32. The number of carbonyl (C=O) groups is 1. The lowest BCUT2D eigenvalue weighted by Gasteiger charge is -2.53. The van der Waals surface area contributed by atoms with E-state index in [4.69, 9.17) is 4.74 Å². The third-order valence-electron chi connectivity index (χ3n) is 3.64. The minimum Gasteiger partial charge on any atom is -0.460 e. The molecule has 0 aromatic rings. The first-order valence-electron chi connectivity index (χ1n) is 6.35. The molecule has 0 atom stereocenters. The van der Waals surface area contributed by atoms with Crippen molar-refractivity contribution in [1.29, 1.82) is 0 Å². The molecule has 3 aliphatic rings. The molecule has 0 unspecified atom stereocenters. The van der Waals surface area contributed by atoms with Gasteiger partial charge in [0, 0.05) is 12.0 Å². The topological polar surface area (TPSA) is 38.3 Å². The molecule has 2 saturated heterocycles. The van der Waals surface area contributed by atoms with Crippen molar-refractivity contribution >= 4 is 5.97 Å². The Morgan fingerprint density at radius 3 is 2.62 bits per heavy atom. The summed E-state index contributed by atoms with van der Waals surface area (Å²) >= 11 is 0. The maximum Gasteiger partial charge on any atom is 0.306 e. The first-order valence-corrected chi connectivity index (χ1v) is 6.35. The number of hydrogen-bond acceptors (Lipinski definition) is 3. The van der Waals surface area contributed by atoms with Crippen LogP contribution >= 0.6 is 0 Å². The highest BCUT2D eigenvalue weighted by Gasteiger charge is 2.46. The molecule has 2 heterocycles. The largest absolute Gasteiger partial charge is 0.460 e. The van der Waals surface area contributed by atoms with E-state index in [9.17, 15) is 4.79 Å². The van der Waals surface area contributed by atoms with E-state index in [0.29, 0.717) is 6.42 Å². The Balaban J connectivity index is 1.73. The molecule has 0 spiro atoms. The van der Waals surface area contributed by atoms with Crippen LogP contribution in [-0.4, -0.2) is 23.7 Å². The molecule has 2 bridgehead atoms. The number of ether oxygens (including phenoxy) is 1. The molecule has 2 aliphatic heterocycles. The van der Waals surface area contributed by atoms with Gasteiger partial charge in [-0.3, -0.25) is 4.79 Å². The van der Waals surface area contributed by atoms with Crippen LogP contribution in [0.15, 0.2) is 0 Å². The number of nitrogens with one attached hydrogen (secondary N) is 1. The van der Waals surface area contributed by atoms with Crippen LogP contribution in [0.4, 0.5) is 0 Å². The van der Waals surface area contributed by atoms with Gasteiger partial charge in [-0.25, -0.2) is 0 Å². The highest BCUT2D eigenvalue weighted by atomic mass is 16.6. The Morgan fingerprint density at radius 2 is 2.12 bits per heavy atom. The van der Waals surface area contributed by atoms with Gasteiger partial charge in [0.25, 0.3) is 0 Å². The second kappa shape index (κ2) is 4.02. The maximum absolute atomic E-state index is 11.6. The molecule has 3 fully saturated rings. The monoisotopic (exact) mass is 225 g/mol. The summed E-state index contributed by atoms with van der Waals surface area (Å²) in [6, 6.07) is 0. The fourth-order valence-corrected chi connectivity index (χ4v) is 2.96. The van der Waals surface area contributed by atoms with E-state index in [-0.39, 0.29) is 17.1 Å². The normalized spacial score (nSPS) is 33.1. The van der Waals surface area contributed by atoms with E-state index < -0.39 is 0 Å².